The van der Waals surface area contributed by atoms with E-state index in [1.54, 1.807) is 0 Å². The molecule has 0 fully saturated rings. The van der Waals surface area contributed by atoms with Crippen molar-refractivity contribution in [3.63, 3.8) is 0 Å². The first kappa shape index (κ1) is 16.9. The molecular formula is C5H14PY2-. The molecule has 0 amide bonds. The summed E-state index contributed by atoms with van der Waals surface area (Å²) >= 11 is 0. The molecule has 0 N–H and O–H groups in total. The van der Waals surface area contributed by atoms with Crippen LogP contribution in [0, 0.1) is 6.16 Å². The fourth-order valence-corrected chi connectivity index (χ4v) is 0. The second-order valence-electron chi connectivity index (χ2n) is 2.65. The Balaban J connectivity index is -0.000000125. The van der Waals surface area contributed by atoms with Crippen LogP contribution in [0.1, 0.15) is 6.92 Å². The van der Waals surface area contributed by atoms with Crippen LogP contribution in [-0.4, -0.2) is 20.0 Å². The van der Waals surface area contributed by atoms with Crippen molar-refractivity contribution in [2.24, 2.45) is 0 Å². The Morgan fingerprint density at radius 1 is 1.00 bits per heavy atom. The normalized spacial score (nSPS) is 11.0. The largest absolute Gasteiger partial charge is 0 e. The topological polar surface area (TPSA) is 0 Å². The monoisotopic (exact) mass is 283 g/mol. The third-order valence-corrected chi connectivity index (χ3v) is 2.60. The Labute approximate surface area is 104 Å². The van der Waals surface area contributed by atoms with Gasteiger partial charge in [0.15, 0.2) is 0 Å². The van der Waals surface area contributed by atoms with Gasteiger partial charge in [-0.15, -0.1) is 0 Å². The molecule has 0 aliphatic heterocycles. The Morgan fingerprint density at radius 3 is 1.12 bits per heavy atom. The van der Waals surface area contributed by atoms with Crippen molar-refractivity contribution < 1.29 is 65.4 Å². The van der Waals surface area contributed by atoms with Crippen LogP contribution in [0.25, 0.3) is 0 Å². The van der Waals surface area contributed by atoms with E-state index in [1.807, 2.05) is 0 Å². The number of hydrogen-bond donors (Lipinski definition) is 0. The van der Waals surface area contributed by atoms with Crippen LogP contribution in [-0.2, 0) is 65.4 Å². The van der Waals surface area contributed by atoms with E-state index in [9.17, 15) is 0 Å². The van der Waals surface area contributed by atoms with Gasteiger partial charge in [0.05, 0.1) is 0 Å². The van der Waals surface area contributed by atoms with Crippen LogP contribution in [0.2, 0.25) is 0 Å². The maximum absolute atomic E-state index is 2.33. The molecule has 0 aromatic carbocycles. The van der Waals surface area contributed by atoms with Gasteiger partial charge < -0.3 is 0 Å². The zero-order valence-electron chi connectivity index (χ0n) is 6.23. The average Bonchev–Trinajstić information content (AvgIpc) is 1.35. The summed E-state index contributed by atoms with van der Waals surface area (Å²) in [5.74, 6) is 0. The molecule has 0 aliphatic carbocycles. The van der Waals surface area contributed by atoms with Crippen molar-refractivity contribution in [2.75, 3.05) is 20.0 Å². The molecule has 0 aromatic heterocycles. The molecule has 0 rings (SSSR count). The predicted octanol–water partition coefficient (Wildman–Crippen LogP) is 1.80. The van der Waals surface area contributed by atoms with Gasteiger partial charge in [-0.2, -0.15) is 0 Å². The van der Waals surface area contributed by atoms with Gasteiger partial charge in [0.25, 0.3) is 0 Å². The molecule has 0 aromatic rings. The van der Waals surface area contributed by atoms with E-state index < -0.39 is 7.26 Å². The predicted molar refractivity (Wildman–Crippen MR) is 36.1 cm³/mol. The summed E-state index contributed by atoms with van der Waals surface area (Å²) in [5, 5.41) is 0. The molecule has 0 bridgehead atoms. The van der Waals surface area contributed by atoms with Crippen LogP contribution >= 0.6 is 7.26 Å². The van der Waals surface area contributed by atoms with E-state index in [0.29, 0.717) is 0 Å². The molecule has 46 valence electrons. The quantitative estimate of drug-likeness (QED) is 0.508. The summed E-state index contributed by atoms with van der Waals surface area (Å²) in [4.78, 5) is 0. The second-order valence-corrected chi connectivity index (χ2v) is 7.96. The van der Waals surface area contributed by atoms with Gasteiger partial charge in [0.2, 0.25) is 0 Å². The molecule has 3 heteroatoms. The van der Waals surface area contributed by atoms with E-state index >= 15 is 0 Å². The fourth-order valence-electron chi connectivity index (χ4n) is 0. The van der Waals surface area contributed by atoms with Crippen molar-refractivity contribution in [2.45, 2.75) is 6.92 Å². The van der Waals surface area contributed by atoms with Crippen molar-refractivity contribution in [1.82, 2.24) is 0 Å². The first-order chi connectivity index (χ1) is 2.56. The molecule has 0 atom stereocenters. The summed E-state index contributed by atoms with van der Waals surface area (Å²) in [6.07, 6.45) is 2.33. The van der Waals surface area contributed by atoms with Crippen molar-refractivity contribution in [3.8, 4) is 0 Å². The van der Waals surface area contributed by atoms with Crippen LogP contribution < -0.4 is 0 Å². The van der Waals surface area contributed by atoms with E-state index in [2.05, 4.69) is 33.1 Å². The summed E-state index contributed by atoms with van der Waals surface area (Å²) in [7, 11) is -0.756. The SMILES string of the molecule is C[CH-][PH](C)(C)C.[Y].[Y]. The van der Waals surface area contributed by atoms with Crippen LogP contribution in [0.15, 0.2) is 0 Å². The Bertz CT molecular complexity index is 40.2. The third kappa shape index (κ3) is 15.9. The van der Waals surface area contributed by atoms with Gasteiger partial charge >= 0.3 is 40.3 Å². The minimum atomic E-state index is -0.756. The van der Waals surface area contributed by atoms with E-state index in [0.717, 1.165) is 0 Å². The van der Waals surface area contributed by atoms with E-state index in [1.165, 1.54) is 0 Å². The zero-order chi connectivity index (χ0) is 5.21. The smallest absolute Gasteiger partial charge is 0 e. The summed E-state index contributed by atoms with van der Waals surface area (Å²) in [5.41, 5.74) is 0. The Hall–Kier alpha value is 2.64. The van der Waals surface area contributed by atoms with Gasteiger partial charge in [-0.05, 0) is 0 Å². The minimum Gasteiger partial charge on any atom is 0 e. The number of hydrogen-bond acceptors (Lipinski definition) is 0. The van der Waals surface area contributed by atoms with Gasteiger partial charge in [-0.25, -0.2) is 0 Å². The molecule has 0 saturated carbocycles. The van der Waals surface area contributed by atoms with Crippen LogP contribution in [0.4, 0.5) is 0 Å². The first-order valence-electron chi connectivity index (χ1n) is 2.37. The summed E-state index contributed by atoms with van der Waals surface area (Å²) < 4.78 is 0. The van der Waals surface area contributed by atoms with Crippen LogP contribution in [0.5, 0.6) is 0 Å². The van der Waals surface area contributed by atoms with Crippen molar-refractivity contribution in [3.05, 3.63) is 6.16 Å². The molecule has 0 spiro atoms. The molecule has 0 aliphatic rings. The Kier molecular flexibility index (Phi) is 16.4. The van der Waals surface area contributed by atoms with Gasteiger partial charge in [0, 0.05) is 65.4 Å². The van der Waals surface area contributed by atoms with Crippen LogP contribution in [0.3, 0.4) is 0 Å². The average molecular weight is 283 g/mol. The third-order valence-electron chi connectivity index (χ3n) is 0.866. The maximum Gasteiger partial charge on any atom is 0 e. The minimum absolute atomic E-state index is 0. The van der Waals surface area contributed by atoms with E-state index in [4.69, 9.17) is 0 Å². The van der Waals surface area contributed by atoms with Gasteiger partial charge in [-0.3, -0.25) is 0 Å². The fraction of sp³-hybridized carbons (Fsp3) is 0.800. The molecule has 8 heavy (non-hydrogen) atoms. The number of rotatable bonds is 1. The van der Waals surface area contributed by atoms with E-state index in [-0.39, 0.29) is 65.4 Å². The molecule has 2 radical (unpaired) electrons. The Morgan fingerprint density at radius 2 is 1.12 bits per heavy atom. The molecule has 0 saturated heterocycles. The zero-order valence-corrected chi connectivity index (χ0v) is 12.9. The summed E-state index contributed by atoms with van der Waals surface area (Å²) in [6.45, 7) is 9.12. The first-order valence-corrected chi connectivity index (χ1v) is 5.94. The van der Waals surface area contributed by atoms with Gasteiger partial charge in [-0.1, -0.05) is 0 Å². The van der Waals surface area contributed by atoms with Crippen molar-refractivity contribution >= 4 is 7.26 Å². The molecule has 0 heterocycles. The maximum atomic E-state index is 2.33. The van der Waals surface area contributed by atoms with Gasteiger partial charge in [0.1, 0.15) is 0 Å². The van der Waals surface area contributed by atoms with Crippen molar-refractivity contribution in [1.29, 1.82) is 0 Å². The molecular weight excluding hydrogens is 269 g/mol. The molecule has 0 unspecified atom stereocenters. The summed E-state index contributed by atoms with van der Waals surface area (Å²) in [6, 6.07) is 0. The molecule has 0 nitrogen and oxygen atoms in total. The second kappa shape index (κ2) is 7.74. The standard InChI is InChI=1S/C5H14P.2Y/c1-5-6(2,3)4;;/h5-6H,1-4H3;;/q-1;;.